The number of carboxylic acid groups (broad SMARTS) is 1. The molecule has 5 heteroatoms. The Morgan fingerprint density at radius 2 is 2.00 bits per heavy atom. The quantitative estimate of drug-likeness (QED) is 0.871. The zero-order valence-electron chi connectivity index (χ0n) is 10.6. The van der Waals surface area contributed by atoms with Gasteiger partial charge in [-0.2, -0.15) is 5.26 Å². The summed E-state index contributed by atoms with van der Waals surface area (Å²) >= 11 is 0. The van der Waals surface area contributed by atoms with Crippen molar-refractivity contribution in [1.82, 2.24) is 4.90 Å². The molecule has 0 amide bonds. The Kier molecular flexibility index (Phi) is 4.15. The number of carbonyl (C=O) groups is 1. The van der Waals surface area contributed by atoms with Gasteiger partial charge >= 0.3 is 5.97 Å². The first-order valence-electron chi connectivity index (χ1n) is 6.20. The minimum Gasteiger partial charge on any atom is -0.479 e. The van der Waals surface area contributed by atoms with Gasteiger partial charge in [-0.25, -0.2) is 4.79 Å². The predicted octanol–water partition coefficient (Wildman–Crippen LogP) is 0.908. The maximum atomic E-state index is 11.7. The second kappa shape index (κ2) is 5.83. The third-order valence-corrected chi connectivity index (χ3v) is 3.39. The molecule has 0 bridgehead atoms. The van der Waals surface area contributed by atoms with Crippen LogP contribution in [0, 0.1) is 11.3 Å². The first-order valence-corrected chi connectivity index (χ1v) is 6.20. The summed E-state index contributed by atoms with van der Waals surface area (Å²) in [7, 11) is 0. The number of nitriles is 1. The maximum Gasteiger partial charge on any atom is 0.339 e. The van der Waals surface area contributed by atoms with Crippen LogP contribution in [0.2, 0.25) is 0 Å². The van der Waals surface area contributed by atoms with Gasteiger partial charge < -0.3 is 9.84 Å². The van der Waals surface area contributed by atoms with E-state index in [0.29, 0.717) is 26.3 Å². The lowest BCUT2D eigenvalue weighted by molar-refractivity contribution is -0.150. The molecule has 5 nitrogen and oxygen atoms in total. The molecule has 0 spiro atoms. The van der Waals surface area contributed by atoms with Crippen molar-refractivity contribution in [1.29, 1.82) is 5.26 Å². The van der Waals surface area contributed by atoms with Crippen LogP contribution in [-0.4, -0.2) is 47.8 Å². The topological polar surface area (TPSA) is 73.6 Å². The van der Waals surface area contributed by atoms with E-state index in [9.17, 15) is 15.2 Å². The van der Waals surface area contributed by atoms with Gasteiger partial charge in [0.05, 0.1) is 19.3 Å². The fourth-order valence-electron chi connectivity index (χ4n) is 2.32. The van der Waals surface area contributed by atoms with E-state index in [4.69, 9.17) is 4.74 Å². The van der Waals surface area contributed by atoms with Crippen molar-refractivity contribution in [3.05, 3.63) is 35.9 Å². The molecule has 2 rings (SSSR count). The molecule has 0 aromatic heterocycles. The van der Waals surface area contributed by atoms with Crippen LogP contribution < -0.4 is 0 Å². The van der Waals surface area contributed by atoms with Crippen LogP contribution in [-0.2, 0) is 16.0 Å². The molecule has 0 saturated carbocycles. The molecule has 1 aromatic rings. The molecular formula is C14H16N2O3. The summed E-state index contributed by atoms with van der Waals surface area (Å²) in [5.41, 5.74) is -0.663. The van der Waals surface area contributed by atoms with E-state index in [1.165, 1.54) is 0 Å². The summed E-state index contributed by atoms with van der Waals surface area (Å²) in [6, 6.07) is 11.2. The summed E-state index contributed by atoms with van der Waals surface area (Å²) in [6.45, 7) is 1.86. The van der Waals surface area contributed by atoms with Crippen molar-refractivity contribution in [3.8, 4) is 6.07 Å². The Balaban J connectivity index is 2.29. The molecule has 1 aliphatic rings. The van der Waals surface area contributed by atoms with E-state index >= 15 is 0 Å². The highest BCUT2D eigenvalue weighted by Crippen LogP contribution is 2.22. The summed E-state index contributed by atoms with van der Waals surface area (Å²) in [4.78, 5) is 13.4. The van der Waals surface area contributed by atoms with E-state index in [-0.39, 0.29) is 6.42 Å². The Morgan fingerprint density at radius 1 is 1.37 bits per heavy atom. The van der Waals surface area contributed by atoms with Crippen LogP contribution >= 0.6 is 0 Å². The average molecular weight is 260 g/mol. The van der Waals surface area contributed by atoms with Crippen LogP contribution in [0.4, 0.5) is 0 Å². The minimum atomic E-state index is -1.51. The molecule has 1 heterocycles. The van der Waals surface area contributed by atoms with Gasteiger partial charge in [-0.15, -0.1) is 0 Å². The first-order chi connectivity index (χ1) is 9.19. The smallest absolute Gasteiger partial charge is 0.339 e. The molecule has 0 radical (unpaired) electrons. The third-order valence-electron chi connectivity index (χ3n) is 3.39. The highest BCUT2D eigenvalue weighted by atomic mass is 16.5. The lowest BCUT2D eigenvalue weighted by Crippen LogP contribution is -2.58. The monoisotopic (exact) mass is 260 g/mol. The summed E-state index contributed by atoms with van der Waals surface area (Å²) in [5, 5.41) is 19.0. The minimum absolute atomic E-state index is 0.180. The number of ether oxygens (including phenoxy) is 1. The van der Waals surface area contributed by atoms with Gasteiger partial charge in [0.25, 0.3) is 0 Å². The van der Waals surface area contributed by atoms with Crippen molar-refractivity contribution in [2.75, 3.05) is 26.3 Å². The second-order valence-corrected chi connectivity index (χ2v) is 4.54. The number of morpholine rings is 1. The van der Waals surface area contributed by atoms with Crippen LogP contribution in [0.25, 0.3) is 0 Å². The van der Waals surface area contributed by atoms with Crippen LogP contribution in [0.15, 0.2) is 30.3 Å². The molecule has 1 unspecified atom stereocenters. The number of rotatable bonds is 4. The van der Waals surface area contributed by atoms with Crippen LogP contribution in [0.3, 0.4) is 0 Å². The molecule has 1 saturated heterocycles. The SMILES string of the molecule is N#CC(Cc1ccccc1)(C(=O)O)N1CCOCC1. The predicted molar refractivity (Wildman–Crippen MR) is 68.5 cm³/mol. The van der Waals surface area contributed by atoms with Gasteiger partial charge in [0.2, 0.25) is 5.54 Å². The number of hydrogen-bond acceptors (Lipinski definition) is 4. The Bertz CT molecular complexity index is 477. The van der Waals surface area contributed by atoms with Crippen LogP contribution in [0.5, 0.6) is 0 Å². The van der Waals surface area contributed by atoms with Gasteiger partial charge in [0, 0.05) is 19.5 Å². The van der Waals surface area contributed by atoms with Gasteiger partial charge in [-0.3, -0.25) is 4.90 Å². The molecular weight excluding hydrogens is 244 g/mol. The van der Waals surface area contributed by atoms with Gasteiger partial charge in [-0.05, 0) is 5.56 Å². The summed E-state index contributed by atoms with van der Waals surface area (Å²) in [6.07, 6.45) is 0.180. The standard InChI is InChI=1S/C14H16N2O3/c15-11-14(13(17)18,16-6-8-19-9-7-16)10-12-4-2-1-3-5-12/h1-5H,6-10H2,(H,17,18). The van der Waals surface area contributed by atoms with Gasteiger partial charge in [0.1, 0.15) is 0 Å². The van der Waals surface area contributed by atoms with E-state index in [1.807, 2.05) is 36.4 Å². The van der Waals surface area contributed by atoms with E-state index in [0.717, 1.165) is 5.56 Å². The average Bonchev–Trinajstić information content (AvgIpc) is 2.46. The number of benzene rings is 1. The lowest BCUT2D eigenvalue weighted by atomic mass is 9.90. The maximum absolute atomic E-state index is 11.7. The van der Waals surface area contributed by atoms with E-state index < -0.39 is 11.5 Å². The molecule has 1 aromatic carbocycles. The largest absolute Gasteiger partial charge is 0.479 e. The van der Waals surface area contributed by atoms with Crippen molar-refractivity contribution in [3.63, 3.8) is 0 Å². The number of aliphatic carboxylic acids is 1. The molecule has 1 atom stereocenters. The fraction of sp³-hybridized carbons (Fsp3) is 0.429. The summed E-state index contributed by atoms with van der Waals surface area (Å²) in [5.74, 6) is -1.10. The van der Waals surface area contributed by atoms with Crippen molar-refractivity contribution in [2.24, 2.45) is 0 Å². The highest BCUT2D eigenvalue weighted by molar-refractivity contribution is 5.83. The Hall–Kier alpha value is -1.90. The van der Waals surface area contributed by atoms with Gasteiger partial charge in [-0.1, -0.05) is 30.3 Å². The number of carboxylic acids is 1. The zero-order valence-corrected chi connectivity index (χ0v) is 10.6. The molecule has 1 N–H and O–H groups in total. The molecule has 100 valence electrons. The number of hydrogen-bond donors (Lipinski definition) is 1. The van der Waals surface area contributed by atoms with Crippen molar-refractivity contribution < 1.29 is 14.6 Å². The van der Waals surface area contributed by atoms with Crippen molar-refractivity contribution in [2.45, 2.75) is 12.0 Å². The first kappa shape index (κ1) is 13.5. The lowest BCUT2D eigenvalue weighted by Gasteiger charge is -2.37. The molecule has 19 heavy (non-hydrogen) atoms. The van der Waals surface area contributed by atoms with Crippen LogP contribution in [0.1, 0.15) is 5.56 Å². The fourth-order valence-corrected chi connectivity index (χ4v) is 2.32. The second-order valence-electron chi connectivity index (χ2n) is 4.54. The Morgan fingerprint density at radius 3 is 2.53 bits per heavy atom. The number of nitrogens with zero attached hydrogens (tertiary/aromatic N) is 2. The Labute approximate surface area is 112 Å². The zero-order chi connectivity index (χ0) is 13.7. The molecule has 1 fully saturated rings. The van der Waals surface area contributed by atoms with Crippen molar-refractivity contribution >= 4 is 5.97 Å². The molecule has 1 aliphatic heterocycles. The van der Waals surface area contributed by atoms with E-state index in [1.54, 1.807) is 4.90 Å². The third kappa shape index (κ3) is 2.75. The van der Waals surface area contributed by atoms with Gasteiger partial charge in [0.15, 0.2) is 0 Å². The highest BCUT2D eigenvalue weighted by Gasteiger charge is 2.45. The van der Waals surface area contributed by atoms with E-state index in [2.05, 4.69) is 0 Å². The molecule has 0 aliphatic carbocycles. The normalized spacial score (nSPS) is 19.3. The summed E-state index contributed by atoms with van der Waals surface area (Å²) < 4.78 is 5.23.